The smallest absolute Gasteiger partial charge is 0.167 e. The van der Waals surface area contributed by atoms with E-state index in [1.54, 1.807) is 10.9 Å². The molecule has 1 aliphatic heterocycles. The third-order valence-electron chi connectivity index (χ3n) is 3.92. The Morgan fingerprint density at radius 3 is 3.00 bits per heavy atom. The van der Waals surface area contributed by atoms with Crippen molar-refractivity contribution >= 4 is 17.0 Å². The largest absolute Gasteiger partial charge is 0.390 e. The van der Waals surface area contributed by atoms with Crippen molar-refractivity contribution in [2.75, 3.05) is 12.3 Å². The first-order valence-corrected chi connectivity index (χ1v) is 7.26. The van der Waals surface area contributed by atoms with E-state index in [0.29, 0.717) is 42.8 Å². The van der Waals surface area contributed by atoms with E-state index in [4.69, 9.17) is 16.2 Å². The van der Waals surface area contributed by atoms with Crippen LogP contribution in [0.1, 0.15) is 25.5 Å². The highest BCUT2D eigenvalue weighted by molar-refractivity contribution is 5.81. The van der Waals surface area contributed by atoms with Gasteiger partial charge in [0.1, 0.15) is 24.2 Å². The van der Waals surface area contributed by atoms with Crippen molar-refractivity contribution in [3.8, 4) is 0 Å². The van der Waals surface area contributed by atoms with Crippen LogP contribution in [0.15, 0.2) is 12.7 Å². The van der Waals surface area contributed by atoms with Crippen LogP contribution in [0.3, 0.4) is 0 Å². The van der Waals surface area contributed by atoms with Gasteiger partial charge in [0, 0.05) is 6.42 Å². The fraction of sp³-hybridized carbons (Fsp3) is 0.615. The molecule has 3 rings (SSSR count). The van der Waals surface area contributed by atoms with E-state index < -0.39 is 24.5 Å². The highest BCUT2D eigenvalue weighted by Crippen LogP contribution is 2.33. The van der Waals surface area contributed by atoms with Gasteiger partial charge in [-0.3, -0.25) is 4.57 Å². The van der Waals surface area contributed by atoms with E-state index >= 15 is 0 Å². The van der Waals surface area contributed by atoms with Gasteiger partial charge in [-0.25, -0.2) is 15.0 Å². The average molecular weight is 308 g/mol. The number of nitrogens with two attached hydrogens (primary N) is 2. The summed E-state index contributed by atoms with van der Waals surface area (Å²) < 4.78 is 7.51. The number of nitrogen functional groups attached to an aromatic ring is 1. The van der Waals surface area contributed by atoms with Crippen molar-refractivity contribution < 1.29 is 14.9 Å². The van der Waals surface area contributed by atoms with Crippen LogP contribution in [0, 0.1) is 0 Å². The van der Waals surface area contributed by atoms with E-state index in [1.165, 1.54) is 6.33 Å². The number of ether oxygens (including phenoxy) is 1. The maximum Gasteiger partial charge on any atom is 0.167 e. The van der Waals surface area contributed by atoms with Crippen molar-refractivity contribution in [2.45, 2.75) is 43.8 Å². The molecule has 3 heterocycles. The van der Waals surface area contributed by atoms with Gasteiger partial charge in [0.25, 0.3) is 0 Å². The molecule has 9 heteroatoms. The van der Waals surface area contributed by atoms with E-state index in [0.717, 1.165) is 0 Å². The summed E-state index contributed by atoms with van der Waals surface area (Å²) in [6.45, 7) is 0.492. The van der Waals surface area contributed by atoms with Crippen LogP contribution in [-0.2, 0) is 4.74 Å². The SMILES string of the molecule is NCCC[C@H](O)[C@H]1O[C@@H](n2cnc3c(N)ncnc32)C[C@@H]1O. The van der Waals surface area contributed by atoms with E-state index in [9.17, 15) is 10.2 Å². The number of aliphatic hydroxyl groups excluding tert-OH is 2. The molecule has 22 heavy (non-hydrogen) atoms. The van der Waals surface area contributed by atoms with Crippen molar-refractivity contribution in [2.24, 2.45) is 5.73 Å². The minimum atomic E-state index is -0.755. The van der Waals surface area contributed by atoms with Crippen LogP contribution >= 0.6 is 0 Å². The fourth-order valence-corrected chi connectivity index (χ4v) is 2.77. The third-order valence-corrected chi connectivity index (χ3v) is 3.92. The summed E-state index contributed by atoms with van der Waals surface area (Å²) in [5.74, 6) is 0.293. The van der Waals surface area contributed by atoms with Gasteiger partial charge in [-0.1, -0.05) is 0 Å². The van der Waals surface area contributed by atoms with Crippen LogP contribution in [0.5, 0.6) is 0 Å². The Morgan fingerprint density at radius 1 is 1.41 bits per heavy atom. The zero-order valence-corrected chi connectivity index (χ0v) is 12.0. The van der Waals surface area contributed by atoms with Crippen LogP contribution in [-0.4, -0.2) is 54.6 Å². The Hall–Kier alpha value is -1.81. The van der Waals surface area contributed by atoms with Gasteiger partial charge in [-0.2, -0.15) is 0 Å². The molecule has 6 N–H and O–H groups in total. The normalized spacial score (nSPS) is 26.6. The predicted molar refractivity (Wildman–Crippen MR) is 78.6 cm³/mol. The monoisotopic (exact) mass is 308 g/mol. The molecule has 4 atom stereocenters. The number of hydrogen-bond donors (Lipinski definition) is 4. The first-order chi connectivity index (χ1) is 10.6. The third kappa shape index (κ3) is 2.63. The molecule has 0 aliphatic carbocycles. The zero-order valence-electron chi connectivity index (χ0n) is 12.0. The van der Waals surface area contributed by atoms with Gasteiger partial charge in [0.2, 0.25) is 0 Å². The van der Waals surface area contributed by atoms with Crippen molar-refractivity contribution in [1.29, 1.82) is 0 Å². The lowest BCUT2D eigenvalue weighted by Crippen LogP contribution is -2.34. The summed E-state index contributed by atoms with van der Waals surface area (Å²) >= 11 is 0. The second-order valence-corrected chi connectivity index (χ2v) is 5.44. The molecular weight excluding hydrogens is 288 g/mol. The topological polar surface area (TPSA) is 145 Å². The predicted octanol–water partition coefficient (Wildman–Crippen LogP) is -0.843. The molecule has 0 spiro atoms. The van der Waals surface area contributed by atoms with Crippen LogP contribution in [0.25, 0.3) is 11.2 Å². The van der Waals surface area contributed by atoms with Gasteiger partial charge < -0.3 is 26.4 Å². The molecule has 120 valence electrons. The molecule has 9 nitrogen and oxygen atoms in total. The highest BCUT2D eigenvalue weighted by atomic mass is 16.5. The molecule has 1 fully saturated rings. The molecule has 0 aromatic carbocycles. The lowest BCUT2D eigenvalue weighted by molar-refractivity contribution is -0.0835. The number of nitrogens with zero attached hydrogens (tertiary/aromatic N) is 4. The molecule has 0 saturated carbocycles. The van der Waals surface area contributed by atoms with Crippen LogP contribution in [0.2, 0.25) is 0 Å². The molecule has 0 radical (unpaired) electrons. The molecule has 2 aromatic rings. The van der Waals surface area contributed by atoms with Crippen LogP contribution < -0.4 is 11.5 Å². The second kappa shape index (κ2) is 6.13. The van der Waals surface area contributed by atoms with Crippen molar-refractivity contribution in [3.05, 3.63) is 12.7 Å². The molecule has 1 aliphatic rings. The Morgan fingerprint density at radius 2 is 2.23 bits per heavy atom. The summed E-state index contributed by atoms with van der Waals surface area (Å²) in [7, 11) is 0. The Kier molecular flexibility index (Phi) is 4.21. The maximum atomic E-state index is 10.1. The van der Waals surface area contributed by atoms with E-state index in [2.05, 4.69) is 15.0 Å². The molecule has 2 aromatic heterocycles. The van der Waals surface area contributed by atoms with Gasteiger partial charge in [-0.05, 0) is 19.4 Å². The Labute approximate surface area is 126 Å². The first-order valence-electron chi connectivity index (χ1n) is 7.26. The maximum absolute atomic E-state index is 10.1. The minimum absolute atomic E-state index is 0.293. The highest BCUT2D eigenvalue weighted by Gasteiger charge is 2.39. The number of hydrogen-bond acceptors (Lipinski definition) is 8. The lowest BCUT2D eigenvalue weighted by Gasteiger charge is -2.21. The quantitative estimate of drug-likeness (QED) is 0.559. The Balaban J connectivity index is 1.80. The molecule has 1 saturated heterocycles. The number of rotatable bonds is 5. The molecule has 0 unspecified atom stereocenters. The summed E-state index contributed by atoms with van der Waals surface area (Å²) in [4.78, 5) is 12.2. The lowest BCUT2D eigenvalue weighted by atomic mass is 10.0. The molecular formula is C13H20N6O3. The average Bonchev–Trinajstić information content (AvgIpc) is 3.09. The summed E-state index contributed by atoms with van der Waals surface area (Å²) in [5, 5.41) is 20.3. The van der Waals surface area contributed by atoms with Gasteiger partial charge in [0.15, 0.2) is 11.5 Å². The van der Waals surface area contributed by atoms with Gasteiger partial charge in [-0.15, -0.1) is 0 Å². The van der Waals surface area contributed by atoms with E-state index in [1.807, 2.05) is 0 Å². The van der Waals surface area contributed by atoms with Crippen LogP contribution in [0.4, 0.5) is 5.82 Å². The minimum Gasteiger partial charge on any atom is -0.390 e. The number of fused-ring (bicyclic) bond motifs is 1. The number of aromatic nitrogens is 4. The van der Waals surface area contributed by atoms with Gasteiger partial charge >= 0.3 is 0 Å². The molecule has 0 bridgehead atoms. The van der Waals surface area contributed by atoms with Crippen molar-refractivity contribution in [3.63, 3.8) is 0 Å². The van der Waals surface area contributed by atoms with Crippen molar-refractivity contribution in [1.82, 2.24) is 19.5 Å². The number of aliphatic hydroxyl groups is 2. The fourth-order valence-electron chi connectivity index (χ4n) is 2.77. The number of anilines is 1. The summed E-state index contributed by atoms with van der Waals surface area (Å²) in [6, 6.07) is 0. The van der Waals surface area contributed by atoms with E-state index in [-0.39, 0.29) is 0 Å². The summed E-state index contributed by atoms with van der Waals surface area (Å²) in [5.41, 5.74) is 12.2. The number of imidazole rings is 1. The summed E-state index contributed by atoms with van der Waals surface area (Å²) in [6.07, 6.45) is 1.82. The van der Waals surface area contributed by atoms with Gasteiger partial charge in [0.05, 0.1) is 18.5 Å². The standard InChI is InChI=1S/C13H20N6O3/c14-3-1-2-7(20)11-8(21)4-9(22-11)19-6-18-10-12(15)16-5-17-13(10)19/h5-9,11,20-21H,1-4,14H2,(H2,15,16,17)/t7-,8-,9+,11+/m0/s1. The second-order valence-electron chi connectivity index (χ2n) is 5.44. The first kappa shape index (κ1) is 15.1. The zero-order chi connectivity index (χ0) is 15.7. The molecule has 0 amide bonds. The Bertz CT molecular complexity index is 648.